The molecule has 2 aromatic carbocycles. The minimum atomic E-state index is -3.66. The lowest BCUT2D eigenvalue weighted by molar-refractivity contribution is 0.0917. The average molecular weight is 580 g/mol. The molecule has 9 nitrogen and oxygen atoms in total. The molecule has 0 N–H and O–H groups in total. The van der Waals surface area contributed by atoms with Crippen LogP contribution in [0.3, 0.4) is 0 Å². The fourth-order valence-corrected chi connectivity index (χ4v) is 7.56. The molecule has 4 rings (SSSR count). The van der Waals surface area contributed by atoms with Gasteiger partial charge in [-0.25, -0.2) is 21.8 Å². The third-order valence-electron chi connectivity index (χ3n) is 6.52. The third-order valence-corrected chi connectivity index (χ3v) is 10.7. The minimum absolute atomic E-state index is 0.144. The molecule has 0 bridgehead atoms. The van der Waals surface area contributed by atoms with Crippen molar-refractivity contribution >= 4 is 52.5 Å². The van der Waals surface area contributed by atoms with Crippen LogP contribution in [0.25, 0.3) is 10.2 Å². The van der Waals surface area contributed by atoms with Crippen molar-refractivity contribution in [1.29, 1.82) is 0 Å². The molecule has 0 aliphatic carbocycles. The molecule has 0 spiro atoms. The Kier molecular flexibility index (Phi) is 8.88. The summed E-state index contributed by atoms with van der Waals surface area (Å²) in [5.74, 6) is -0.329. The zero-order chi connectivity index (χ0) is 27.5. The Morgan fingerprint density at radius 2 is 1.79 bits per heavy atom. The van der Waals surface area contributed by atoms with Crippen LogP contribution in [-0.2, 0) is 24.6 Å². The van der Waals surface area contributed by atoms with Crippen molar-refractivity contribution in [3.8, 4) is 0 Å². The number of unbranched alkanes of at least 4 members (excludes halogenated alkanes) is 1. The summed E-state index contributed by atoms with van der Waals surface area (Å²) in [5.41, 5.74) is 0.922. The van der Waals surface area contributed by atoms with Gasteiger partial charge in [-0.05, 0) is 61.7 Å². The maximum atomic E-state index is 13.7. The molecule has 1 saturated heterocycles. The largest absolute Gasteiger partial charge is 0.376 e. The Morgan fingerprint density at radius 1 is 1.08 bits per heavy atom. The first-order valence-corrected chi connectivity index (χ1v) is 16.8. The Bertz CT molecular complexity index is 1490. The van der Waals surface area contributed by atoms with Crippen molar-refractivity contribution in [2.24, 2.45) is 0 Å². The van der Waals surface area contributed by atoms with Gasteiger partial charge in [-0.2, -0.15) is 4.31 Å². The highest BCUT2D eigenvalue weighted by Gasteiger charge is 2.28. The lowest BCUT2D eigenvalue weighted by Crippen LogP contribution is -2.37. The molecule has 1 aliphatic rings. The molecule has 3 aromatic rings. The number of rotatable bonds is 11. The van der Waals surface area contributed by atoms with E-state index in [1.54, 1.807) is 17.0 Å². The molecule has 1 aromatic heterocycles. The standard InChI is InChI=1S/C26H33N3O6S3/c1-4-6-15-28(5-2)38(33,34)21-11-9-19(10-12-21)25(30)29(18-20-8-7-16-35-20)26-27-23-14-13-22(37(3,31)32)17-24(23)36-26/h9-14,17,20H,4-8,15-16,18H2,1-3H3. The van der Waals surface area contributed by atoms with Gasteiger partial charge in [0.2, 0.25) is 10.0 Å². The number of thiazole rings is 1. The second-order valence-electron chi connectivity index (χ2n) is 9.32. The molecule has 38 heavy (non-hydrogen) atoms. The molecule has 206 valence electrons. The van der Waals surface area contributed by atoms with Crippen LogP contribution in [0.2, 0.25) is 0 Å². The molecule has 0 saturated carbocycles. The topological polar surface area (TPSA) is 114 Å². The molecule has 1 aliphatic heterocycles. The Hall–Kier alpha value is -2.38. The van der Waals surface area contributed by atoms with E-state index < -0.39 is 19.9 Å². The number of benzene rings is 2. The summed E-state index contributed by atoms with van der Waals surface area (Å²) in [7, 11) is -7.05. The molecule has 1 fully saturated rings. The van der Waals surface area contributed by atoms with Crippen molar-refractivity contribution in [3.63, 3.8) is 0 Å². The molecule has 1 amide bonds. The van der Waals surface area contributed by atoms with Gasteiger partial charge in [-0.3, -0.25) is 9.69 Å². The highest BCUT2D eigenvalue weighted by molar-refractivity contribution is 7.90. The number of carbonyl (C=O) groups is 1. The summed E-state index contributed by atoms with van der Waals surface area (Å²) in [6, 6.07) is 10.7. The molecular weight excluding hydrogens is 547 g/mol. The number of anilines is 1. The first-order valence-electron chi connectivity index (χ1n) is 12.7. The summed E-state index contributed by atoms with van der Waals surface area (Å²) < 4.78 is 58.1. The molecule has 2 heterocycles. The number of fused-ring (bicyclic) bond motifs is 1. The van der Waals surface area contributed by atoms with Crippen LogP contribution >= 0.6 is 11.3 Å². The highest BCUT2D eigenvalue weighted by atomic mass is 32.2. The first kappa shape index (κ1) is 28.6. The van der Waals surface area contributed by atoms with Crippen molar-refractivity contribution in [3.05, 3.63) is 48.0 Å². The molecule has 0 radical (unpaired) electrons. The normalized spacial score (nSPS) is 16.4. The number of ether oxygens (including phenoxy) is 1. The summed E-state index contributed by atoms with van der Waals surface area (Å²) >= 11 is 1.24. The Balaban J connectivity index is 1.65. The van der Waals surface area contributed by atoms with Crippen LogP contribution in [0.4, 0.5) is 5.13 Å². The molecule has 1 unspecified atom stereocenters. The predicted octanol–water partition coefficient (Wildman–Crippen LogP) is 4.34. The van der Waals surface area contributed by atoms with Crippen molar-refractivity contribution in [1.82, 2.24) is 9.29 Å². The van der Waals surface area contributed by atoms with Crippen molar-refractivity contribution in [2.75, 3.05) is 37.4 Å². The van der Waals surface area contributed by atoms with E-state index in [-0.39, 0.29) is 28.3 Å². The summed E-state index contributed by atoms with van der Waals surface area (Å²) in [6.07, 6.45) is 4.39. The minimum Gasteiger partial charge on any atom is -0.376 e. The van der Waals surface area contributed by atoms with Crippen LogP contribution in [-0.4, -0.2) is 70.6 Å². The number of hydrogen-bond donors (Lipinski definition) is 0. The van der Waals surface area contributed by atoms with E-state index >= 15 is 0 Å². The number of nitrogens with zero attached hydrogens (tertiary/aromatic N) is 3. The smallest absolute Gasteiger partial charge is 0.260 e. The van der Waals surface area contributed by atoms with Gasteiger partial charge in [0.15, 0.2) is 15.0 Å². The maximum Gasteiger partial charge on any atom is 0.260 e. The summed E-state index contributed by atoms with van der Waals surface area (Å²) in [6.45, 7) is 5.56. The van der Waals surface area contributed by atoms with E-state index in [0.717, 1.165) is 31.9 Å². The van der Waals surface area contributed by atoms with Crippen LogP contribution < -0.4 is 4.90 Å². The Labute approximate surface area is 228 Å². The van der Waals surface area contributed by atoms with Gasteiger partial charge < -0.3 is 4.74 Å². The van der Waals surface area contributed by atoms with Gasteiger partial charge in [-0.15, -0.1) is 0 Å². The van der Waals surface area contributed by atoms with E-state index in [1.807, 2.05) is 13.8 Å². The van der Waals surface area contributed by atoms with Crippen molar-refractivity contribution in [2.45, 2.75) is 55.4 Å². The lowest BCUT2D eigenvalue weighted by atomic mass is 10.2. The monoisotopic (exact) mass is 579 g/mol. The number of sulfone groups is 1. The number of aromatic nitrogens is 1. The van der Waals surface area contributed by atoms with Crippen molar-refractivity contribution < 1.29 is 26.4 Å². The number of amides is 1. The van der Waals surface area contributed by atoms with E-state index in [0.29, 0.717) is 40.6 Å². The molecule has 1 atom stereocenters. The quantitative estimate of drug-likeness (QED) is 0.332. The fraction of sp³-hybridized carbons (Fsp3) is 0.462. The zero-order valence-electron chi connectivity index (χ0n) is 21.8. The second-order valence-corrected chi connectivity index (χ2v) is 14.3. The van der Waals surface area contributed by atoms with E-state index in [1.165, 1.54) is 46.0 Å². The van der Waals surface area contributed by atoms with Gasteiger partial charge in [0.25, 0.3) is 5.91 Å². The third kappa shape index (κ3) is 6.26. The van der Waals surface area contributed by atoms with Gasteiger partial charge in [0, 0.05) is 31.5 Å². The average Bonchev–Trinajstić information content (AvgIpc) is 3.56. The molecular formula is C26H33N3O6S3. The SMILES string of the molecule is CCCCN(CC)S(=O)(=O)c1ccc(C(=O)N(CC2CCCO2)c2nc3ccc(S(C)(=O)=O)cc3s2)cc1. The zero-order valence-corrected chi connectivity index (χ0v) is 24.2. The highest BCUT2D eigenvalue weighted by Crippen LogP contribution is 2.32. The number of carbonyl (C=O) groups excluding carboxylic acids is 1. The molecule has 12 heteroatoms. The van der Waals surface area contributed by atoms with Gasteiger partial charge in [-0.1, -0.05) is 31.6 Å². The summed E-state index contributed by atoms with van der Waals surface area (Å²) in [5, 5.41) is 0.430. The van der Waals surface area contributed by atoms with Gasteiger partial charge in [0.05, 0.1) is 32.7 Å². The van der Waals surface area contributed by atoms with Crippen LogP contribution in [0.15, 0.2) is 52.3 Å². The van der Waals surface area contributed by atoms with E-state index in [2.05, 4.69) is 4.98 Å². The number of sulfonamides is 1. The van der Waals surface area contributed by atoms with Crippen LogP contribution in [0.5, 0.6) is 0 Å². The fourth-order valence-electron chi connectivity index (χ4n) is 4.34. The van der Waals surface area contributed by atoms with Crippen LogP contribution in [0.1, 0.15) is 49.9 Å². The van der Waals surface area contributed by atoms with E-state index in [4.69, 9.17) is 4.74 Å². The van der Waals surface area contributed by atoms with Crippen LogP contribution in [0, 0.1) is 0 Å². The Morgan fingerprint density at radius 3 is 2.39 bits per heavy atom. The lowest BCUT2D eigenvalue weighted by Gasteiger charge is -2.23. The predicted molar refractivity (Wildman–Crippen MR) is 149 cm³/mol. The number of hydrogen-bond acceptors (Lipinski definition) is 8. The first-order chi connectivity index (χ1) is 18.0. The summed E-state index contributed by atoms with van der Waals surface area (Å²) in [4.78, 5) is 20.2. The van der Waals surface area contributed by atoms with Gasteiger partial charge in [0.1, 0.15) is 0 Å². The van der Waals surface area contributed by atoms with E-state index in [9.17, 15) is 21.6 Å². The van der Waals surface area contributed by atoms with Gasteiger partial charge >= 0.3 is 0 Å². The maximum absolute atomic E-state index is 13.7. The second kappa shape index (κ2) is 11.8.